The van der Waals surface area contributed by atoms with Crippen LogP contribution in [-0.2, 0) is 6.54 Å². The molecule has 112 valence electrons. The van der Waals surface area contributed by atoms with Crippen LogP contribution in [-0.4, -0.2) is 33.7 Å². The minimum absolute atomic E-state index is 0.323. The summed E-state index contributed by atoms with van der Waals surface area (Å²) in [7, 11) is 0. The smallest absolute Gasteiger partial charge is 0.257 e. The summed E-state index contributed by atoms with van der Waals surface area (Å²) in [5.41, 5.74) is 8.16. The van der Waals surface area contributed by atoms with Crippen LogP contribution < -0.4 is 5.73 Å². The molecule has 5 heteroatoms. The van der Waals surface area contributed by atoms with E-state index < -0.39 is 0 Å². The summed E-state index contributed by atoms with van der Waals surface area (Å²) in [5, 5.41) is 4.11. The molecule has 2 atom stereocenters. The maximum atomic E-state index is 6.00. The lowest BCUT2D eigenvalue weighted by atomic mass is 9.99. The first-order valence-corrected chi connectivity index (χ1v) is 7.51. The first kappa shape index (κ1) is 14.2. The van der Waals surface area contributed by atoms with E-state index in [4.69, 9.17) is 10.3 Å². The van der Waals surface area contributed by atoms with Gasteiger partial charge in [0.1, 0.15) is 0 Å². The van der Waals surface area contributed by atoms with E-state index in [0.717, 1.165) is 37.3 Å². The van der Waals surface area contributed by atoms with Crippen LogP contribution in [0.3, 0.4) is 0 Å². The Balaban J connectivity index is 1.71. The Morgan fingerprint density at radius 2 is 2.29 bits per heavy atom. The Hall–Kier alpha value is -1.72. The van der Waals surface area contributed by atoms with Crippen LogP contribution >= 0.6 is 0 Å². The number of rotatable bonds is 3. The molecule has 1 fully saturated rings. The molecule has 1 aliphatic heterocycles. The van der Waals surface area contributed by atoms with Gasteiger partial charge >= 0.3 is 0 Å². The number of benzene rings is 1. The SMILES string of the molecule is Cc1cccc(-c2nc(CN3CCC(N)CC3C)no2)c1. The zero-order chi connectivity index (χ0) is 14.8. The molecule has 2 unspecified atom stereocenters. The molecule has 0 spiro atoms. The molecule has 0 bridgehead atoms. The summed E-state index contributed by atoms with van der Waals surface area (Å²) in [6.45, 7) is 5.99. The van der Waals surface area contributed by atoms with Crippen LogP contribution in [0.2, 0.25) is 0 Å². The van der Waals surface area contributed by atoms with Crippen LogP contribution in [0.4, 0.5) is 0 Å². The second-order valence-electron chi connectivity index (χ2n) is 5.99. The van der Waals surface area contributed by atoms with Gasteiger partial charge in [0.2, 0.25) is 0 Å². The van der Waals surface area contributed by atoms with Crippen molar-refractivity contribution in [2.45, 2.75) is 45.3 Å². The molecule has 21 heavy (non-hydrogen) atoms. The Morgan fingerprint density at radius 1 is 1.43 bits per heavy atom. The summed E-state index contributed by atoms with van der Waals surface area (Å²) in [5.74, 6) is 1.34. The number of aromatic nitrogens is 2. The molecule has 0 saturated carbocycles. The van der Waals surface area contributed by atoms with Crippen LogP contribution in [0, 0.1) is 6.92 Å². The highest BCUT2D eigenvalue weighted by Crippen LogP contribution is 2.21. The fourth-order valence-electron chi connectivity index (χ4n) is 2.89. The summed E-state index contributed by atoms with van der Waals surface area (Å²) >= 11 is 0. The van der Waals surface area contributed by atoms with Crippen LogP contribution in [0.25, 0.3) is 11.5 Å². The van der Waals surface area contributed by atoms with E-state index in [0.29, 0.717) is 18.0 Å². The van der Waals surface area contributed by atoms with Crippen molar-refractivity contribution in [3.8, 4) is 11.5 Å². The van der Waals surface area contributed by atoms with Gasteiger partial charge in [-0.05, 0) is 38.8 Å². The molecule has 1 aromatic heterocycles. The quantitative estimate of drug-likeness (QED) is 0.938. The van der Waals surface area contributed by atoms with Gasteiger partial charge in [-0.15, -0.1) is 0 Å². The predicted molar refractivity (Wildman–Crippen MR) is 81.6 cm³/mol. The van der Waals surface area contributed by atoms with Crippen molar-refractivity contribution in [3.63, 3.8) is 0 Å². The third kappa shape index (κ3) is 3.31. The molecule has 2 heterocycles. The van der Waals surface area contributed by atoms with Crippen molar-refractivity contribution < 1.29 is 4.52 Å². The minimum Gasteiger partial charge on any atom is -0.334 e. The van der Waals surface area contributed by atoms with Crippen molar-refractivity contribution in [1.29, 1.82) is 0 Å². The molecule has 0 radical (unpaired) electrons. The molecule has 1 saturated heterocycles. The molecule has 0 aliphatic carbocycles. The normalized spacial score (nSPS) is 23.4. The second kappa shape index (κ2) is 5.95. The van der Waals surface area contributed by atoms with Gasteiger partial charge < -0.3 is 10.3 Å². The first-order chi connectivity index (χ1) is 10.1. The Labute approximate surface area is 125 Å². The highest BCUT2D eigenvalue weighted by atomic mass is 16.5. The standard InChI is InChI=1S/C16H22N4O/c1-11-4-3-5-13(8-11)16-18-15(19-21-16)10-20-7-6-14(17)9-12(20)2/h3-5,8,12,14H,6-7,9-10,17H2,1-2H3. The van der Waals surface area contributed by atoms with Crippen LogP contribution in [0.15, 0.2) is 28.8 Å². The van der Waals surface area contributed by atoms with Crippen LogP contribution in [0.1, 0.15) is 31.2 Å². The van der Waals surface area contributed by atoms with Gasteiger partial charge in [-0.25, -0.2) is 0 Å². The Morgan fingerprint density at radius 3 is 3.05 bits per heavy atom. The fourth-order valence-corrected chi connectivity index (χ4v) is 2.89. The average Bonchev–Trinajstić information content (AvgIpc) is 2.91. The monoisotopic (exact) mass is 286 g/mol. The maximum Gasteiger partial charge on any atom is 0.257 e. The van der Waals surface area contributed by atoms with Crippen LogP contribution in [0.5, 0.6) is 0 Å². The third-order valence-corrected chi connectivity index (χ3v) is 4.13. The van der Waals surface area contributed by atoms with Gasteiger partial charge in [0.25, 0.3) is 5.89 Å². The second-order valence-corrected chi connectivity index (χ2v) is 5.99. The van der Waals surface area contributed by atoms with Crippen molar-refractivity contribution in [3.05, 3.63) is 35.7 Å². The largest absolute Gasteiger partial charge is 0.334 e. The predicted octanol–water partition coefficient (Wildman–Crippen LogP) is 2.36. The molecule has 5 nitrogen and oxygen atoms in total. The number of nitrogens with two attached hydrogens (primary N) is 1. The Kier molecular flexibility index (Phi) is 4.03. The lowest BCUT2D eigenvalue weighted by Gasteiger charge is -2.35. The first-order valence-electron chi connectivity index (χ1n) is 7.51. The molecule has 2 aromatic rings. The van der Waals surface area contributed by atoms with E-state index in [1.807, 2.05) is 12.1 Å². The fraction of sp³-hybridized carbons (Fsp3) is 0.500. The number of hydrogen-bond donors (Lipinski definition) is 1. The lowest BCUT2D eigenvalue weighted by molar-refractivity contribution is 0.135. The molecule has 0 amide bonds. The number of likely N-dealkylation sites (tertiary alicyclic amines) is 1. The van der Waals surface area contributed by atoms with Gasteiger partial charge in [0.05, 0.1) is 6.54 Å². The van der Waals surface area contributed by atoms with E-state index in [-0.39, 0.29) is 0 Å². The zero-order valence-corrected chi connectivity index (χ0v) is 12.6. The zero-order valence-electron chi connectivity index (χ0n) is 12.6. The van der Waals surface area contributed by atoms with E-state index in [2.05, 4.69) is 41.0 Å². The van der Waals surface area contributed by atoms with Gasteiger partial charge in [-0.2, -0.15) is 4.98 Å². The lowest BCUT2D eigenvalue weighted by Crippen LogP contribution is -2.45. The van der Waals surface area contributed by atoms with Gasteiger partial charge in [-0.3, -0.25) is 4.90 Å². The third-order valence-electron chi connectivity index (χ3n) is 4.13. The van der Waals surface area contributed by atoms with E-state index >= 15 is 0 Å². The number of hydrogen-bond acceptors (Lipinski definition) is 5. The van der Waals surface area contributed by atoms with Crippen molar-refractivity contribution >= 4 is 0 Å². The number of nitrogens with zero attached hydrogens (tertiary/aromatic N) is 3. The Bertz CT molecular complexity index is 610. The molecule has 1 aliphatic rings. The van der Waals surface area contributed by atoms with E-state index in [1.54, 1.807) is 0 Å². The topological polar surface area (TPSA) is 68.2 Å². The summed E-state index contributed by atoms with van der Waals surface area (Å²) in [6, 6.07) is 8.90. The van der Waals surface area contributed by atoms with Crippen molar-refractivity contribution in [2.75, 3.05) is 6.54 Å². The molecular formula is C16H22N4O. The minimum atomic E-state index is 0.323. The van der Waals surface area contributed by atoms with Crippen molar-refractivity contribution in [1.82, 2.24) is 15.0 Å². The maximum absolute atomic E-state index is 6.00. The van der Waals surface area contributed by atoms with E-state index in [1.165, 1.54) is 5.56 Å². The average molecular weight is 286 g/mol. The summed E-state index contributed by atoms with van der Waals surface area (Å²) < 4.78 is 5.39. The summed E-state index contributed by atoms with van der Waals surface area (Å²) in [6.07, 6.45) is 2.06. The highest BCUT2D eigenvalue weighted by Gasteiger charge is 2.24. The van der Waals surface area contributed by atoms with Crippen molar-refractivity contribution in [2.24, 2.45) is 5.73 Å². The number of piperidine rings is 1. The van der Waals surface area contributed by atoms with Gasteiger partial charge in [0, 0.05) is 24.2 Å². The molecule has 1 aromatic carbocycles. The van der Waals surface area contributed by atoms with E-state index in [9.17, 15) is 0 Å². The summed E-state index contributed by atoms with van der Waals surface area (Å²) in [4.78, 5) is 6.89. The highest BCUT2D eigenvalue weighted by molar-refractivity contribution is 5.53. The molecule has 2 N–H and O–H groups in total. The van der Waals surface area contributed by atoms with Gasteiger partial charge in [0.15, 0.2) is 5.82 Å². The number of aryl methyl sites for hydroxylation is 1. The molecule has 3 rings (SSSR count). The van der Waals surface area contributed by atoms with Gasteiger partial charge in [-0.1, -0.05) is 22.9 Å². The molecular weight excluding hydrogens is 264 g/mol.